The highest BCUT2D eigenvalue weighted by Crippen LogP contribution is 2.31. The standard InChI is InChI=1S/C23H20N6O2/c1-13-4-6-17-16(10-13)21(28-27-17)22-26-18-11-14(5-7-20(18)29(22)3)31-15-8-9-25-19(12-15)23(30)24-2/h4-12H,1-3H3,(H,24,30)(H,27,28). The number of nitrogens with zero attached hydrogens (tertiary/aromatic N) is 4. The zero-order valence-electron chi connectivity index (χ0n) is 17.3. The number of pyridine rings is 1. The lowest BCUT2D eigenvalue weighted by Gasteiger charge is -2.07. The van der Waals surface area contributed by atoms with E-state index in [2.05, 4.69) is 39.6 Å². The number of aromatic nitrogens is 5. The first-order chi connectivity index (χ1) is 15.0. The Morgan fingerprint density at radius 3 is 2.77 bits per heavy atom. The van der Waals surface area contributed by atoms with E-state index in [1.165, 1.54) is 0 Å². The van der Waals surface area contributed by atoms with E-state index in [1.54, 1.807) is 25.4 Å². The Morgan fingerprint density at radius 1 is 1.10 bits per heavy atom. The lowest BCUT2D eigenvalue weighted by atomic mass is 10.1. The van der Waals surface area contributed by atoms with Crippen molar-refractivity contribution < 1.29 is 9.53 Å². The number of H-pyrrole nitrogens is 1. The van der Waals surface area contributed by atoms with Crippen LogP contribution in [-0.2, 0) is 7.05 Å². The predicted molar refractivity (Wildman–Crippen MR) is 118 cm³/mol. The molecule has 1 amide bonds. The minimum Gasteiger partial charge on any atom is -0.457 e. The van der Waals surface area contributed by atoms with Crippen molar-refractivity contribution in [2.45, 2.75) is 6.92 Å². The van der Waals surface area contributed by atoms with Gasteiger partial charge in [-0.1, -0.05) is 11.6 Å². The lowest BCUT2D eigenvalue weighted by molar-refractivity contribution is 0.0958. The summed E-state index contributed by atoms with van der Waals surface area (Å²) in [5.74, 6) is 1.65. The smallest absolute Gasteiger partial charge is 0.269 e. The quantitative estimate of drug-likeness (QED) is 0.465. The number of imidazole rings is 1. The number of rotatable bonds is 4. The van der Waals surface area contributed by atoms with Crippen LogP contribution in [0.4, 0.5) is 0 Å². The number of carbonyl (C=O) groups excluding carboxylic acids is 1. The second-order valence-corrected chi connectivity index (χ2v) is 7.32. The number of ether oxygens (including phenoxy) is 1. The van der Waals surface area contributed by atoms with Crippen LogP contribution in [0.3, 0.4) is 0 Å². The Kier molecular flexibility index (Phi) is 4.39. The number of hydrogen-bond donors (Lipinski definition) is 2. The monoisotopic (exact) mass is 412 g/mol. The molecule has 154 valence electrons. The van der Waals surface area contributed by atoms with Gasteiger partial charge in [-0.2, -0.15) is 5.10 Å². The van der Waals surface area contributed by atoms with E-state index in [4.69, 9.17) is 9.72 Å². The molecule has 0 spiro atoms. The second-order valence-electron chi connectivity index (χ2n) is 7.32. The van der Waals surface area contributed by atoms with Gasteiger partial charge in [0, 0.05) is 37.8 Å². The van der Waals surface area contributed by atoms with Crippen LogP contribution in [-0.4, -0.2) is 37.7 Å². The number of carbonyl (C=O) groups is 1. The third-order valence-corrected chi connectivity index (χ3v) is 5.21. The highest BCUT2D eigenvalue weighted by Gasteiger charge is 2.16. The van der Waals surface area contributed by atoms with Crippen molar-refractivity contribution in [2.24, 2.45) is 7.05 Å². The molecule has 2 aromatic carbocycles. The van der Waals surface area contributed by atoms with Crippen LogP contribution in [0, 0.1) is 6.92 Å². The maximum atomic E-state index is 11.8. The summed E-state index contributed by atoms with van der Waals surface area (Å²) in [7, 11) is 3.54. The Bertz CT molecular complexity index is 1450. The van der Waals surface area contributed by atoms with Gasteiger partial charge in [0.15, 0.2) is 5.82 Å². The fraction of sp³-hybridized carbons (Fsp3) is 0.130. The molecule has 8 heteroatoms. The van der Waals surface area contributed by atoms with Crippen molar-refractivity contribution in [1.29, 1.82) is 0 Å². The van der Waals surface area contributed by atoms with Crippen LogP contribution in [0.2, 0.25) is 0 Å². The molecular formula is C23H20N6O2. The molecule has 5 aromatic rings. The normalized spacial score (nSPS) is 11.2. The fourth-order valence-corrected chi connectivity index (χ4v) is 3.62. The van der Waals surface area contributed by atoms with Gasteiger partial charge < -0.3 is 14.6 Å². The molecule has 0 bridgehead atoms. The van der Waals surface area contributed by atoms with E-state index in [9.17, 15) is 4.79 Å². The van der Waals surface area contributed by atoms with Crippen LogP contribution in [0.5, 0.6) is 11.5 Å². The fourth-order valence-electron chi connectivity index (χ4n) is 3.62. The summed E-state index contributed by atoms with van der Waals surface area (Å²) < 4.78 is 7.98. The largest absolute Gasteiger partial charge is 0.457 e. The van der Waals surface area contributed by atoms with Gasteiger partial charge >= 0.3 is 0 Å². The molecule has 0 saturated carbocycles. The van der Waals surface area contributed by atoms with E-state index in [1.807, 2.05) is 35.9 Å². The average Bonchev–Trinajstić information content (AvgIpc) is 3.33. The van der Waals surface area contributed by atoms with Gasteiger partial charge in [-0.3, -0.25) is 14.9 Å². The molecule has 0 aliphatic heterocycles. The molecule has 0 radical (unpaired) electrons. The molecule has 0 aliphatic carbocycles. The van der Waals surface area contributed by atoms with Crippen LogP contribution in [0.25, 0.3) is 33.5 Å². The van der Waals surface area contributed by atoms with Gasteiger partial charge in [-0.25, -0.2) is 4.98 Å². The third kappa shape index (κ3) is 3.28. The van der Waals surface area contributed by atoms with Crippen molar-refractivity contribution in [3.63, 3.8) is 0 Å². The highest BCUT2D eigenvalue weighted by atomic mass is 16.5. The summed E-state index contributed by atoms with van der Waals surface area (Å²) in [6.07, 6.45) is 1.54. The Labute approximate surface area is 177 Å². The van der Waals surface area contributed by atoms with E-state index >= 15 is 0 Å². The maximum absolute atomic E-state index is 11.8. The molecule has 5 rings (SSSR count). The van der Waals surface area contributed by atoms with Gasteiger partial charge in [0.2, 0.25) is 0 Å². The summed E-state index contributed by atoms with van der Waals surface area (Å²) in [6, 6.07) is 15.2. The molecule has 0 saturated heterocycles. The van der Waals surface area contributed by atoms with E-state index < -0.39 is 0 Å². The number of benzene rings is 2. The zero-order chi connectivity index (χ0) is 21.5. The molecule has 8 nitrogen and oxygen atoms in total. The van der Waals surface area contributed by atoms with Gasteiger partial charge in [0.25, 0.3) is 5.91 Å². The molecular weight excluding hydrogens is 392 g/mol. The molecule has 0 unspecified atom stereocenters. The maximum Gasteiger partial charge on any atom is 0.269 e. The third-order valence-electron chi connectivity index (χ3n) is 5.21. The summed E-state index contributed by atoms with van der Waals surface area (Å²) in [6.45, 7) is 2.06. The minimum absolute atomic E-state index is 0.267. The number of amides is 1. The Morgan fingerprint density at radius 2 is 1.94 bits per heavy atom. The number of fused-ring (bicyclic) bond motifs is 2. The van der Waals surface area contributed by atoms with Crippen molar-refractivity contribution in [2.75, 3.05) is 7.05 Å². The summed E-state index contributed by atoms with van der Waals surface area (Å²) in [5.41, 5.74) is 5.00. The van der Waals surface area contributed by atoms with Crippen molar-refractivity contribution in [1.82, 2.24) is 30.0 Å². The molecule has 2 N–H and O–H groups in total. The number of aromatic amines is 1. The van der Waals surface area contributed by atoms with E-state index in [0.717, 1.165) is 39.0 Å². The van der Waals surface area contributed by atoms with Crippen LogP contribution in [0.1, 0.15) is 16.1 Å². The van der Waals surface area contributed by atoms with Gasteiger partial charge in [0.1, 0.15) is 22.9 Å². The number of hydrogen-bond acceptors (Lipinski definition) is 5. The molecule has 31 heavy (non-hydrogen) atoms. The Hall–Kier alpha value is -4.20. The molecule has 0 atom stereocenters. The van der Waals surface area contributed by atoms with Gasteiger partial charge in [-0.15, -0.1) is 0 Å². The van der Waals surface area contributed by atoms with Gasteiger partial charge in [0.05, 0.1) is 16.6 Å². The van der Waals surface area contributed by atoms with Gasteiger partial charge in [-0.05, 0) is 37.3 Å². The van der Waals surface area contributed by atoms with Crippen molar-refractivity contribution in [3.8, 4) is 23.0 Å². The van der Waals surface area contributed by atoms with Crippen LogP contribution in [0.15, 0.2) is 54.7 Å². The molecule has 3 heterocycles. The molecule has 0 aliphatic rings. The minimum atomic E-state index is -0.267. The second kappa shape index (κ2) is 7.24. The summed E-state index contributed by atoms with van der Waals surface area (Å²) in [5, 5.41) is 11.2. The lowest BCUT2D eigenvalue weighted by Crippen LogP contribution is -2.18. The summed E-state index contributed by atoms with van der Waals surface area (Å²) >= 11 is 0. The van der Waals surface area contributed by atoms with Crippen molar-refractivity contribution in [3.05, 3.63) is 66.0 Å². The van der Waals surface area contributed by atoms with Crippen molar-refractivity contribution >= 4 is 27.8 Å². The SMILES string of the molecule is CNC(=O)c1cc(Oc2ccc3c(c2)nc(-c2n[nH]c4ccc(C)cc24)n3C)ccn1. The first-order valence-electron chi connectivity index (χ1n) is 9.81. The zero-order valence-corrected chi connectivity index (χ0v) is 17.3. The highest BCUT2D eigenvalue weighted by molar-refractivity contribution is 5.94. The average molecular weight is 412 g/mol. The topological polar surface area (TPSA) is 97.7 Å². The number of aryl methyl sites for hydroxylation is 2. The summed E-state index contributed by atoms with van der Waals surface area (Å²) in [4.78, 5) is 20.7. The number of nitrogens with one attached hydrogen (secondary N) is 2. The van der Waals surface area contributed by atoms with Crippen LogP contribution >= 0.6 is 0 Å². The molecule has 0 fully saturated rings. The van der Waals surface area contributed by atoms with Crippen LogP contribution < -0.4 is 10.1 Å². The van der Waals surface area contributed by atoms with E-state index in [0.29, 0.717) is 17.2 Å². The first-order valence-corrected chi connectivity index (χ1v) is 9.81. The molecule has 3 aromatic heterocycles. The first kappa shape index (κ1) is 18.8. The Balaban J connectivity index is 1.53. The predicted octanol–water partition coefficient (Wildman–Crippen LogP) is 3.97. The van der Waals surface area contributed by atoms with E-state index in [-0.39, 0.29) is 5.91 Å².